The Morgan fingerprint density at radius 3 is 2.44 bits per heavy atom. The normalized spacial score (nSPS) is 21.4. The smallest absolute Gasteiger partial charge is 0.323 e. The van der Waals surface area contributed by atoms with Crippen LogP contribution in [0, 0.1) is 5.41 Å². The highest BCUT2D eigenvalue weighted by Gasteiger charge is 2.37. The lowest BCUT2D eigenvalue weighted by Crippen LogP contribution is -2.50. The fourth-order valence-electron chi connectivity index (χ4n) is 2.43. The molecule has 1 saturated heterocycles. The van der Waals surface area contributed by atoms with E-state index in [0.29, 0.717) is 6.54 Å². The summed E-state index contributed by atoms with van der Waals surface area (Å²) in [5.74, 6) is -0.466. The van der Waals surface area contributed by atoms with E-state index in [1.807, 2.05) is 18.7 Å². The summed E-state index contributed by atoms with van der Waals surface area (Å²) in [6, 6.07) is -0.229. The second-order valence-electron chi connectivity index (χ2n) is 5.38. The Morgan fingerprint density at radius 2 is 1.89 bits per heavy atom. The van der Waals surface area contributed by atoms with Gasteiger partial charge in [-0.3, -0.25) is 14.5 Å². The van der Waals surface area contributed by atoms with Gasteiger partial charge in [-0.15, -0.1) is 0 Å². The van der Waals surface area contributed by atoms with Crippen LogP contribution < -0.4 is 0 Å². The van der Waals surface area contributed by atoms with Crippen LogP contribution in [-0.4, -0.2) is 50.2 Å². The van der Waals surface area contributed by atoms with Crippen LogP contribution in [0.4, 0.5) is 0 Å². The maximum Gasteiger partial charge on any atom is 0.323 e. The molecule has 1 fully saturated rings. The van der Waals surface area contributed by atoms with Crippen molar-refractivity contribution in [3.05, 3.63) is 0 Å². The fraction of sp³-hybridized carbons (Fsp3) is 0.846. The van der Waals surface area contributed by atoms with Gasteiger partial charge in [-0.1, -0.05) is 6.42 Å². The van der Waals surface area contributed by atoms with E-state index in [4.69, 9.17) is 9.47 Å². The molecule has 0 aromatic heterocycles. The van der Waals surface area contributed by atoms with Gasteiger partial charge < -0.3 is 9.47 Å². The molecule has 1 aliphatic rings. The maximum absolute atomic E-state index is 11.7. The molecule has 0 N–H and O–H groups in total. The van der Waals surface area contributed by atoms with Crippen LogP contribution in [0.15, 0.2) is 0 Å². The Morgan fingerprint density at radius 1 is 1.22 bits per heavy atom. The lowest BCUT2D eigenvalue weighted by Gasteiger charge is -2.37. The number of carbonyl (C=O) groups excluding carboxylic acids is 2. The summed E-state index contributed by atoms with van der Waals surface area (Å²) < 4.78 is 9.62. The number of ether oxygens (including phenoxy) is 2. The van der Waals surface area contributed by atoms with Gasteiger partial charge in [0.25, 0.3) is 0 Å². The van der Waals surface area contributed by atoms with Crippen molar-refractivity contribution < 1.29 is 19.1 Å². The molecule has 5 nitrogen and oxygen atoms in total. The molecule has 0 bridgehead atoms. The van der Waals surface area contributed by atoms with E-state index < -0.39 is 5.41 Å². The van der Waals surface area contributed by atoms with E-state index in [0.717, 1.165) is 25.8 Å². The number of esters is 2. The molecule has 1 aliphatic heterocycles. The molecule has 0 radical (unpaired) electrons. The van der Waals surface area contributed by atoms with Crippen LogP contribution in [0.25, 0.3) is 0 Å². The number of likely N-dealkylation sites (tertiary alicyclic amines) is 1. The zero-order valence-corrected chi connectivity index (χ0v) is 11.7. The van der Waals surface area contributed by atoms with Gasteiger partial charge in [0.15, 0.2) is 0 Å². The van der Waals surface area contributed by atoms with Gasteiger partial charge in [0.1, 0.15) is 6.04 Å². The topological polar surface area (TPSA) is 55.8 Å². The summed E-state index contributed by atoms with van der Waals surface area (Å²) in [6.07, 6.45) is 2.86. The molecule has 1 rings (SSSR count). The van der Waals surface area contributed by atoms with Crippen LogP contribution in [0.1, 0.15) is 33.1 Å². The molecule has 0 aromatic carbocycles. The monoisotopic (exact) mass is 257 g/mol. The first-order chi connectivity index (χ1) is 8.42. The molecule has 5 heteroatoms. The van der Waals surface area contributed by atoms with Gasteiger partial charge in [0, 0.05) is 6.54 Å². The quantitative estimate of drug-likeness (QED) is 0.709. The molecular formula is C13H23NO4. The number of methoxy groups -OCH3 is 2. The number of rotatable bonds is 4. The van der Waals surface area contributed by atoms with Crippen molar-refractivity contribution in [3.8, 4) is 0 Å². The van der Waals surface area contributed by atoms with Crippen LogP contribution in [-0.2, 0) is 19.1 Å². The average molecular weight is 257 g/mol. The van der Waals surface area contributed by atoms with Crippen molar-refractivity contribution >= 4 is 11.9 Å². The van der Waals surface area contributed by atoms with E-state index in [1.165, 1.54) is 14.2 Å². The second kappa shape index (κ2) is 6.18. The van der Waals surface area contributed by atoms with Gasteiger partial charge in [-0.25, -0.2) is 0 Å². The fourth-order valence-corrected chi connectivity index (χ4v) is 2.43. The largest absolute Gasteiger partial charge is 0.469 e. The first-order valence-electron chi connectivity index (χ1n) is 6.32. The Bertz CT molecular complexity index is 314. The van der Waals surface area contributed by atoms with Crippen LogP contribution in [0.2, 0.25) is 0 Å². The highest BCUT2D eigenvalue weighted by Crippen LogP contribution is 2.25. The van der Waals surface area contributed by atoms with Crippen LogP contribution in [0.5, 0.6) is 0 Å². The third-order valence-electron chi connectivity index (χ3n) is 3.42. The van der Waals surface area contributed by atoms with Crippen LogP contribution >= 0.6 is 0 Å². The van der Waals surface area contributed by atoms with Crippen molar-refractivity contribution in [2.45, 2.75) is 39.2 Å². The lowest BCUT2D eigenvalue weighted by molar-refractivity contribution is -0.156. The van der Waals surface area contributed by atoms with Gasteiger partial charge in [-0.05, 0) is 33.2 Å². The Kier molecular flexibility index (Phi) is 5.14. The number of carbonyl (C=O) groups is 2. The zero-order valence-electron chi connectivity index (χ0n) is 11.7. The van der Waals surface area contributed by atoms with E-state index in [1.54, 1.807) is 0 Å². The van der Waals surface area contributed by atoms with E-state index >= 15 is 0 Å². The first kappa shape index (κ1) is 15.0. The summed E-state index contributed by atoms with van der Waals surface area (Å²) in [6.45, 7) is 5.00. The highest BCUT2D eigenvalue weighted by molar-refractivity contribution is 5.77. The molecule has 104 valence electrons. The number of hydrogen-bond acceptors (Lipinski definition) is 5. The van der Waals surface area contributed by atoms with E-state index in [-0.39, 0.29) is 18.0 Å². The minimum Gasteiger partial charge on any atom is -0.469 e. The minimum absolute atomic E-state index is 0.213. The Hall–Kier alpha value is -1.10. The molecule has 0 aromatic rings. The molecule has 18 heavy (non-hydrogen) atoms. The highest BCUT2D eigenvalue weighted by atomic mass is 16.5. The van der Waals surface area contributed by atoms with Crippen molar-refractivity contribution in [2.24, 2.45) is 5.41 Å². The summed E-state index contributed by atoms with van der Waals surface area (Å²) in [4.78, 5) is 25.4. The van der Waals surface area contributed by atoms with Crippen molar-refractivity contribution in [1.29, 1.82) is 0 Å². The Labute approximate surface area is 108 Å². The summed E-state index contributed by atoms with van der Waals surface area (Å²) >= 11 is 0. The van der Waals surface area contributed by atoms with Crippen molar-refractivity contribution in [3.63, 3.8) is 0 Å². The molecule has 1 atom stereocenters. The number of nitrogens with zero attached hydrogens (tertiary/aromatic N) is 1. The SMILES string of the molecule is COC(=O)C1CCCCN1CC(C)(C)C(=O)OC. The van der Waals surface area contributed by atoms with Gasteiger partial charge in [0.2, 0.25) is 0 Å². The van der Waals surface area contributed by atoms with Crippen molar-refractivity contribution in [2.75, 3.05) is 27.3 Å². The summed E-state index contributed by atoms with van der Waals surface area (Å²) in [5.41, 5.74) is -0.613. The summed E-state index contributed by atoms with van der Waals surface area (Å²) in [7, 11) is 2.79. The molecule has 0 saturated carbocycles. The van der Waals surface area contributed by atoms with E-state index in [9.17, 15) is 9.59 Å². The average Bonchev–Trinajstić information content (AvgIpc) is 2.37. The van der Waals surface area contributed by atoms with E-state index in [2.05, 4.69) is 0 Å². The number of hydrogen-bond donors (Lipinski definition) is 0. The Balaban J connectivity index is 2.73. The molecule has 0 amide bonds. The minimum atomic E-state index is -0.613. The van der Waals surface area contributed by atoms with Gasteiger partial charge in [0.05, 0.1) is 19.6 Å². The second-order valence-corrected chi connectivity index (χ2v) is 5.38. The predicted molar refractivity (Wildman–Crippen MR) is 67.0 cm³/mol. The lowest BCUT2D eigenvalue weighted by atomic mass is 9.90. The molecule has 0 aliphatic carbocycles. The first-order valence-corrected chi connectivity index (χ1v) is 6.32. The van der Waals surface area contributed by atoms with Gasteiger partial charge in [-0.2, -0.15) is 0 Å². The molecule has 1 unspecified atom stereocenters. The third-order valence-corrected chi connectivity index (χ3v) is 3.42. The molecule has 0 spiro atoms. The maximum atomic E-state index is 11.7. The van der Waals surface area contributed by atoms with Crippen LogP contribution in [0.3, 0.4) is 0 Å². The number of piperidine rings is 1. The molecule has 1 heterocycles. The van der Waals surface area contributed by atoms with Gasteiger partial charge >= 0.3 is 11.9 Å². The van der Waals surface area contributed by atoms with Crippen molar-refractivity contribution in [1.82, 2.24) is 4.90 Å². The standard InChI is InChI=1S/C13H23NO4/c1-13(2,12(16)18-4)9-14-8-6-5-7-10(14)11(15)17-3/h10H,5-9H2,1-4H3. The predicted octanol–water partition coefficient (Wildman–Crippen LogP) is 1.21. The summed E-state index contributed by atoms with van der Waals surface area (Å²) in [5, 5.41) is 0. The molecular weight excluding hydrogens is 234 g/mol. The zero-order chi connectivity index (χ0) is 13.8. The third kappa shape index (κ3) is 3.45.